The van der Waals surface area contributed by atoms with E-state index < -0.39 is 35.9 Å². The molecule has 1 atom stereocenters. The van der Waals surface area contributed by atoms with E-state index in [2.05, 4.69) is 0 Å². The van der Waals surface area contributed by atoms with Gasteiger partial charge in [0.05, 0.1) is 18.2 Å². The Morgan fingerprint density at radius 2 is 1.77 bits per heavy atom. The van der Waals surface area contributed by atoms with Crippen molar-refractivity contribution in [2.24, 2.45) is 0 Å². The Labute approximate surface area is 153 Å². The highest BCUT2D eigenvalue weighted by molar-refractivity contribution is 6.46. The number of ketones is 1. The van der Waals surface area contributed by atoms with E-state index >= 15 is 0 Å². The molecule has 2 aromatic rings. The van der Waals surface area contributed by atoms with Gasteiger partial charge in [0, 0.05) is 22.7 Å². The van der Waals surface area contributed by atoms with Crippen molar-refractivity contribution in [3.8, 4) is 0 Å². The Balaban J connectivity index is 2.21. The van der Waals surface area contributed by atoms with Crippen molar-refractivity contribution in [1.82, 2.24) is 4.90 Å². The molecule has 26 heavy (non-hydrogen) atoms. The Morgan fingerprint density at radius 1 is 1.12 bits per heavy atom. The maximum Gasteiger partial charge on any atom is 0.295 e. The number of β-amino-alcohol motifs (C(OH)–C–C–N with tert-alkyl or cyclic N) is 1. The van der Waals surface area contributed by atoms with E-state index in [0.29, 0.717) is 5.02 Å². The predicted molar refractivity (Wildman–Crippen MR) is 93.9 cm³/mol. The molecule has 2 aromatic carbocycles. The summed E-state index contributed by atoms with van der Waals surface area (Å²) in [4.78, 5) is 26.0. The lowest BCUT2D eigenvalue weighted by atomic mass is 9.95. The molecular weight excluding hydrogens is 361 g/mol. The third-order valence-corrected chi connectivity index (χ3v) is 4.45. The molecule has 3 rings (SSSR count). The van der Waals surface area contributed by atoms with E-state index in [-0.39, 0.29) is 23.2 Å². The number of carbonyl (C=O) groups is 2. The summed E-state index contributed by atoms with van der Waals surface area (Å²) in [5.74, 6) is -2.87. The van der Waals surface area contributed by atoms with E-state index in [0.717, 1.165) is 4.90 Å². The lowest BCUT2D eigenvalue weighted by molar-refractivity contribution is -0.140. The van der Waals surface area contributed by atoms with Gasteiger partial charge in [0.1, 0.15) is 11.6 Å². The van der Waals surface area contributed by atoms with Gasteiger partial charge >= 0.3 is 0 Å². The van der Waals surface area contributed by atoms with Crippen LogP contribution in [0, 0.1) is 5.82 Å². The zero-order valence-electron chi connectivity index (χ0n) is 13.5. The second kappa shape index (κ2) is 7.27. The summed E-state index contributed by atoms with van der Waals surface area (Å²) in [6, 6.07) is 10.6. The molecule has 5 nitrogen and oxygen atoms in total. The highest BCUT2D eigenvalue weighted by Crippen LogP contribution is 2.40. The van der Waals surface area contributed by atoms with Gasteiger partial charge in [-0.05, 0) is 30.3 Å². The molecule has 7 heteroatoms. The third-order valence-electron chi connectivity index (χ3n) is 4.20. The molecule has 2 N–H and O–H groups in total. The summed E-state index contributed by atoms with van der Waals surface area (Å²) in [7, 11) is 0. The zero-order chi connectivity index (χ0) is 18.8. The first-order valence-electron chi connectivity index (χ1n) is 7.85. The summed E-state index contributed by atoms with van der Waals surface area (Å²) in [5, 5.41) is 20.3. The van der Waals surface area contributed by atoms with Gasteiger partial charge < -0.3 is 15.1 Å². The summed E-state index contributed by atoms with van der Waals surface area (Å²) in [6.45, 7) is -0.570. The molecule has 0 unspecified atom stereocenters. The van der Waals surface area contributed by atoms with Crippen LogP contribution in [0.1, 0.15) is 17.2 Å². The maximum absolute atomic E-state index is 14.4. The van der Waals surface area contributed by atoms with Crippen LogP contribution in [0.15, 0.2) is 54.1 Å². The molecule has 1 amide bonds. The van der Waals surface area contributed by atoms with Crippen molar-refractivity contribution in [3.05, 3.63) is 76.1 Å². The number of nitrogens with zero attached hydrogens (tertiary/aromatic N) is 1. The zero-order valence-corrected chi connectivity index (χ0v) is 14.3. The minimum atomic E-state index is -1.13. The monoisotopic (exact) mass is 375 g/mol. The molecule has 0 aromatic heterocycles. The SMILES string of the molecule is O=C1C(=O)N(CCO)[C@@H](c2ccccc2F)C1=C(O)c1ccc(Cl)cc1. The number of halogens is 2. The summed E-state index contributed by atoms with van der Waals surface area (Å²) >= 11 is 5.83. The molecule has 1 fully saturated rings. The number of hydrogen-bond acceptors (Lipinski definition) is 4. The minimum Gasteiger partial charge on any atom is -0.507 e. The van der Waals surface area contributed by atoms with Crippen LogP contribution in [0.4, 0.5) is 4.39 Å². The molecule has 0 radical (unpaired) electrons. The smallest absolute Gasteiger partial charge is 0.295 e. The van der Waals surface area contributed by atoms with Crippen LogP contribution in [0.25, 0.3) is 5.76 Å². The number of aliphatic hydroxyl groups is 2. The molecule has 134 valence electrons. The van der Waals surface area contributed by atoms with Crippen molar-refractivity contribution < 1.29 is 24.2 Å². The molecular formula is C19H15ClFNO4. The Kier molecular flexibility index (Phi) is 5.06. The van der Waals surface area contributed by atoms with Gasteiger partial charge in [-0.25, -0.2) is 4.39 Å². The predicted octanol–water partition coefficient (Wildman–Crippen LogP) is 2.89. The van der Waals surface area contributed by atoms with Crippen molar-refractivity contribution >= 4 is 29.1 Å². The van der Waals surface area contributed by atoms with Crippen molar-refractivity contribution in [1.29, 1.82) is 0 Å². The molecule has 0 bridgehead atoms. The van der Waals surface area contributed by atoms with Crippen LogP contribution in [-0.4, -0.2) is 40.0 Å². The minimum absolute atomic E-state index is 0.0654. The second-order valence-corrected chi connectivity index (χ2v) is 6.18. The number of hydrogen-bond donors (Lipinski definition) is 2. The molecule has 0 spiro atoms. The van der Waals surface area contributed by atoms with E-state index in [1.807, 2.05) is 0 Å². The third kappa shape index (κ3) is 3.09. The van der Waals surface area contributed by atoms with Crippen LogP contribution in [0.2, 0.25) is 5.02 Å². The van der Waals surface area contributed by atoms with Crippen LogP contribution < -0.4 is 0 Å². The fourth-order valence-corrected chi connectivity index (χ4v) is 3.13. The fraction of sp³-hybridized carbons (Fsp3) is 0.158. The van der Waals surface area contributed by atoms with Gasteiger partial charge in [-0.1, -0.05) is 29.8 Å². The molecule has 1 heterocycles. The average Bonchev–Trinajstić information content (AvgIpc) is 2.87. The summed E-state index contributed by atoms with van der Waals surface area (Å²) < 4.78 is 14.4. The number of likely N-dealkylation sites (tertiary alicyclic amines) is 1. The van der Waals surface area contributed by atoms with Crippen molar-refractivity contribution in [2.45, 2.75) is 6.04 Å². The molecule has 1 aliphatic heterocycles. The number of aliphatic hydroxyl groups excluding tert-OH is 2. The fourth-order valence-electron chi connectivity index (χ4n) is 3.00. The van der Waals surface area contributed by atoms with Crippen molar-refractivity contribution in [3.63, 3.8) is 0 Å². The quantitative estimate of drug-likeness (QED) is 0.489. The standard InChI is InChI=1S/C19H15ClFNO4/c20-12-7-5-11(6-8-12)17(24)15-16(13-3-1-2-4-14(13)21)22(9-10-23)19(26)18(15)25/h1-8,16,23-24H,9-10H2/t16-/m0/s1. The van der Waals surface area contributed by atoms with Gasteiger partial charge in [-0.2, -0.15) is 0 Å². The topological polar surface area (TPSA) is 77.8 Å². The largest absolute Gasteiger partial charge is 0.507 e. The Hall–Kier alpha value is -2.70. The van der Waals surface area contributed by atoms with Crippen LogP contribution in [-0.2, 0) is 9.59 Å². The summed E-state index contributed by atoms with van der Waals surface area (Å²) in [5.41, 5.74) is 0.115. The number of Topliss-reactive ketones (excluding diaryl/α,β-unsaturated/α-hetero) is 1. The first kappa shape index (κ1) is 18.1. The Bertz CT molecular complexity index is 895. The van der Waals surface area contributed by atoms with E-state index in [9.17, 15) is 24.2 Å². The van der Waals surface area contributed by atoms with Gasteiger partial charge in [-0.3, -0.25) is 9.59 Å². The van der Waals surface area contributed by atoms with Gasteiger partial charge in [-0.15, -0.1) is 0 Å². The van der Waals surface area contributed by atoms with Gasteiger partial charge in [0.15, 0.2) is 0 Å². The number of carbonyl (C=O) groups excluding carboxylic acids is 2. The number of rotatable bonds is 4. The molecule has 0 aliphatic carbocycles. The second-order valence-electron chi connectivity index (χ2n) is 5.74. The highest BCUT2D eigenvalue weighted by Gasteiger charge is 2.46. The van der Waals surface area contributed by atoms with E-state index in [1.165, 1.54) is 42.5 Å². The normalized spacial score (nSPS) is 19.2. The average molecular weight is 376 g/mol. The molecule has 0 saturated carbocycles. The van der Waals surface area contributed by atoms with Gasteiger partial charge in [0.2, 0.25) is 0 Å². The molecule has 1 aliphatic rings. The number of benzene rings is 2. The van der Waals surface area contributed by atoms with Crippen LogP contribution >= 0.6 is 11.6 Å². The highest BCUT2D eigenvalue weighted by atomic mass is 35.5. The van der Waals surface area contributed by atoms with Crippen molar-refractivity contribution in [2.75, 3.05) is 13.2 Å². The Morgan fingerprint density at radius 3 is 2.38 bits per heavy atom. The van der Waals surface area contributed by atoms with E-state index in [4.69, 9.17) is 11.6 Å². The van der Waals surface area contributed by atoms with E-state index in [1.54, 1.807) is 6.07 Å². The van der Waals surface area contributed by atoms with Gasteiger partial charge in [0.25, 0.3) is 11.7 Å². The lowest BCUT2D eigenvalue weighted by Gasteiger charge is -2.24. The van der Waals surface area contributed by atoms with Crippen LogP contribution in [0.3, 0.4) is 0 Å². The maximum atomic E-state index is 14.4. The van der Waals surface area contributed by atoms with Crippen LogP contribution in [0.5, 0.6) is 0 Å². The molecule has 1 saturated heterocycles. The first-order valence-corrected chi connectivity index (χ1v) is 8.23. The number of amides is 1. The summed E-state index contributed by atoms with van der Waals surface area (Å²) in [6.07, 6.45) is 0. The first-order chi connectivity index (χ1) is 12.5. The lowest BCUT2D eigenvalue weighted by Crippen LogP contribution is -2.32.